The van der Waals surface area contributed by atoms with Crippen LogP contribution in [-0.4, -0.2) is 35.1 Å². The number of nitrogens with one attached hydrogen (secondary N) is 1. The van der Waals surface area contributed by atoms with Gasteiger partial charge in [-0.25, -0.2) is 8.42 Å². The van der Waals surface area contributed by atoms with Crippen molar-refractivity contribution in [3.05, 3.63) is 83.9 Å². The predicted molar refractivity (Wildman–Crippen MR) is 133 cm³/mol. The van der Waals surface area contributed by atoms with Crippen molar-refractivity contribution in [3.8, 4) is 11.5 Å². The molecule has 1 atom stereocenters. The van der Waals surface area contributed by atoms with Gasteiger partial charge in [0.15, 0.2) is 11.5 Å². The number of hydrogen-bond donors (Lipinski definition) is 1. The lowest BCUT2D eigenvalue weighted by Crippen LogP contribution is -2.42. The summed E-state index contributed by atoms with van der Waals surface area (Å²) in [6.07, 6.45) is 0.669. The van der Waals surface area contributed by atoms with Crippen LogP contribution in [-0.2, 0) is 14.8 Å². The molecule has 0 fully saturated rings. The molecule has 7 nitrogen and oxygen atoms in total. The maximum atomic E-state index is 13.7. The molecule has 0 saturated carbocycles. The molecule has 3 aromatic rings. The molecular weight excluding hydrogens is 452 g/mol. The third kappa shape index (κ3) is 5.69. The number of ether oxygens (including phenoxy) is 2. The summed E-state index contributed by atoms with van der Waals surface area (Å²) >= 11 is 0. The molecule has 0 saturated heterocycles. The van der Waals surface area contributed by atoms with E-state index in [0.29, 0.717) is 17.9 Å². The van der Waals surface area contributed by atoms with Crippen molar-refractivity contribution in [1.29, 1.82) is 0 Å². The van der Waals surface area contributed by atoms with Gasteiger partial charge in [0.1, 0.15) is 6.54 Å². The first kappa shape index (κ1) is 25.1. The molecule has 3 rings (SSSR count). The van der Waals surface area contributed by atoms with E-state index in [1.807, 2.05) is 56.3 Å². The van der Waals surface area contributed by atoms with E-state index < -0.39 is 15.9 Å². The number of anilines is 1. The van der Waals surface area contributed by atoms with Crippen molar-refractivity contribution >= 4 is 21.6 Å². The summed E-state index contributed by atoms with van der Waals surface area (Å²) in [5, 5.41) is 2.97. The Hall–Kier alpha value is -3.52. The molecule has 1 amide bonds. The molecule has 0 heterocycles. The largest absolute Gasteiger partial charge is 0.493 e. The first-order valence-electron chi connectivity index (χ1n) is 11.0. The Morgan fingerprint density at radius 1 is 0.941 bits per heavy atom. The number of benzene rings is 3. The van der Waals surface area contributed by atoms with Gasteiger partial charge in [-0.3, -0.25) is 9.10 Å². The monoisotopic (exact) mass is 482 g/mol. The fourth-order valence-electron chi connectivity index (χ4n) is 3.61. The van der Waals surface area contributed by atoms with Crippen LogP contribution >= 0.6 is 0 Å². The van der Waals surface area contributed by atoms with Gasteiger partial charge < -0.3 is 14.8 Å². The van der Waals surface area contributed by atoms with Gasteiger partial charge in [0, 0.05) is 6.07 Å². The van der Waals surface area contributed by atoms with Crippen LogP contribution in [0.5, 0.6) is 11.5 Å². The van der Waals surface area contributed by atoms with Gasteiger partial charge in [0.25, 0.3) is 10.0 Å². The van der Waals surface area contributed by atoms with Crippen molar-refractivity contribution in [3.63, 3.8) is 0 Å². The molecule has 0 aromatic heterocycles. The zero-order valence-corrected chi connectivity index (χ0v) is 20.6. The van der Waals surface area contributed by atoms with E-state index in [1.165, 1.54) is 32.4 Å². The van der Waals surface area contributed by atoms with Crippen LogP contribution in [0.25, 0.3) is 0 Å². The summed E-state index contributed by atoms with van der Waals surface area (Å²) in [7, 11) is -1.17. The fourth-order valence-corrected chi connectivity index (χ4v) is 5.04. The molecule has 0 aliphatic rings. The lowest BCUT2D eigenvalue weighted by molar-refractivity contribution is -0.120. The minimum atomic E-state index is -4.09. The number of aryl methyl sites for hydroxylation is 1. The highest BCUT2D eigenvalue weighted by molar-refractivity contribution is 7.92. The number of sulfonamides is 1. The molecule has 34 heavy (non-hydrogen) atoms. The van der Waals surface area contributed by atoms with Gasteiger partial charge in [-0.1, -0.05) is 55.0 Å². The molecule has 8 heteroatoms. The first-order valence-corrected chi connectivity index (χ1v) is 12.4. The topological polar surface area (TPSA) is 84.9 Å². The minimum Gasteiger partial charge on any atom is -0.493 e. The van der Waals surface area contributed by atoms with E-state index in [0.717, 1.165) is 15.4 Å². The highest BCUT2D eigenvalue weighted by atomic mass is 32.2. The Morgan fingerprint density at radius 3 is 2.18 bits per heavy atom. The fraction of sp³-hybridized carbons (Fsp3) is 0.269. The Bertz CT molecular complexity index is 1210. The average Bonchev–Trinajstić information content (AvgIpc) is 2.86. The van der Waals surface area contributed by atoms with E-state index in [-0.39, 0.29) is 23.2 Å². The molecule has 0 bridgehead atoms. The summed E-state index contributed by atoms with van der Waals surface area (Å²) in [6, 6.07) is 20.7. The average molecular weight is 483 g/mol. The SMILES string of the molecule is CC[C@H](NC(=O)CN(c1ccc(C)cc1)S(=O)(=O)c1ccc(OC)c(OC)c1)c1ccccc1. The van der Waals surface area contributed by atoms with Crippen LogP contribution in [0.4, 0.5) is 5.69 Å². The van der Waals surface area contributed by atoms with Gasteiger partial charge in [-0.2, -0.15) is 0 Å². The van der Waals surface area contributed by atoms with Crippen LogP contribution in [0.1, 0.15) is 30.5 Å². The van der Waals surface area contributed by atoms with Gasteiger partial charge >= 0.3 is 0 Å². The van der Waals surface area contributed by atoms with Gasteiger partial charge in [0.05, 0.1) is 30.8 Å². The van der Waals surface area contributed by atoms with Crippen LogP contribution in [0.2, 0.25) is 0 Å². The van der Waals surface area contributed by atoms with Crippen LogP contribution in [0, 0.1) is 6.92 Å². The van der Waals surface area contributed by atoms with Crippen molar-refractivity contribution in [1.82, 2.24) is 5.32 Å². The molecule has 0 aliphatic heterocycles. The highest BCUT2D eigenvalue weighted by Crippen LogP contribution is 2.32. The summed E-state index contributed by atoms with van der Waals surface area (Å²) < 4.78 is 39.0. The molecule has 0 radical (unpaired) electrons. The van der Waals surface area contributed by atoms with Gasteiger partial charge in [-0.15, -0.1) is 0 Å². The smallest absolute Gasteiger partial charge is 0.264 e. The quantitative estimate of drug-likeness (QED) is 0.461. The first-order chi connectivity index (χ1) is 16.3. The molecule has 3 aromatic carbocycles. The normalized spacial score (nSPS) is 12.0. The Morgan fingerprint density at radius 2 is 1.59 bits per heavy atom. The molecule has 0 unspecified atom stereocenters. The molecule has 0 aliphatic carbocycles. The molecule has 0 spiro atoms. The lowest BCUT2D eigenvalue weighted by atomic mass is 10.0. The maximum Gasteiger partial charge on any atom is 0.264 e. The van der Waals surface area contributed by atoms with Gasteiger partial charge in [-0.05, 0) is 43.2 Å². The zero-order valence-electron chi connectivity index (χ0n) is 19.8. The zero-order chi connectivity index (χ0) is 24.7. The second-order valence-electron chi connectivity index (χ2n) is 7.80. The maximum absolute atomic E-state index is 13.7. The van der Waals surface area contributed by atoms with E-state index >= 15 is 0 Å². The lowest BCUT2D eigenvalue weighted by Gasteiger charge is -2.26. The summed E-state index contributed by atoms with van der Waals surface area (Å²) in [4.78, 5) is 13.1. The number of carbonyl (C=O) groups excluding carboxylic acids is 1. The van der Waals surface area contributed by atoms with Crippen molar-refractivity contribution < 1.29 is 22.7 Å². The summed E-state index contributed by atoms with van der Waals surface area (Å²) in [5.41, 5.74) is 2.33. The van der Waals surface area contributed by atoms with E-state index in [4.69, 9.17) is 9.47 Å². The Balaban J connectivity index is 1.95. The Labute approximate surface area is 201 Å². The third-order valence-corrected chi connectivity index (χ3v) is 7.27. The van der Waals surface area contributed by atoms with Crippen molar-refractivity contribution in [2.75, 3.05) is 25.1 Å². The minimum absolute atomic E-state index is 0.00590. The summed E-state index contributed by atoms with van der Waals surface area (Å²) in [5.74, 6) is 0.294. The number of hydrogen-bond acceptors (Lipinski definition) is 5. The van der Waals surface area contributed by atoms with E-state index in [2.05, 4.69) is 5.32 Å². The predicted octanol–water partition coefficient (Wildman–Crippen LogP) is 4.48. The number of rotatable bonds is 10. The molecule has 1 N–H and O–H groups in total. The highest BCUT2D eigenvalue weighted by Gasteiger charge is 2.29. The van der Waals surface area contributed by atoms with E-state index in [9.17, 15) is 13.2 Å². The van der Waals surface area contributed by atoms with Crippen molar-refractivity contribution in [2.45, 2.75) is 31.2 Å². The second-order valence-corrected chi connectivity index (χ2v) is 9.67. The van der Waals surface area contributed by atoms with Crippen LogP contribution in [0.3, 0.4) is 0 Å². The van der Waals surface area contributed by atoms with E-state index in [1.54, 1.807) is 12.1 Å². The van der Waals surface area contributed by atoms with Crippen molar-refractivity contribution in [2.24, 2.45) is 0 Å². The van der Waals surface area contributed by atoms with Crippen LogP contribution < -0.4 is 19.1 Å². The Kier molecular flexibility index (Phi) is 8.17. The van der Waals surface area contributed by atoms with Crippen LogP contribution in [0.15, 0.2) is 77.7 Å². The number of carbonyl (C=O) groups is 1. The standard InChI is InChI=1S/C26H30N2O5S/c1-5-23(20-9-7-6-8-10-20)27-26(29)18-28(21-13-11-19(2)12-14-21)34(30,31)22-15-16-24(32-3)25(17-22)33-4/h6-17,23H,5,18H2,1-4H3,(H,27,29)/t23-/m0/s1. The number of methoxy groups -OCH3 is 2. The number of amides is 1. The number of nitrogens with zero attached hydrogens (tertiary/aromatic N) is 1. The summed E-state index contributed by atoms with van der Waals surface area (Å²) in [6.45, 7) is 3.51. The second kappa shape index (κ2) is 11.1. The van der Waals surface area contributed by atoms with Gasteiger partial charge in [0.2, 0.25) is 5.91 Å². The molecular formula is C26H30N2O5S. The third-order valence-electron chi connectivity index (χ3n) is 5.50. The molecule has 180 valence electrons.